The summed E-state index contributed by atoms with van der Waals surface area (Å²) in [6.45, 7) is 0. The quantitative estimate of drug-likeness (QED) is 0.393. The number of nitrogens with zero attached hydrogens (tertiary/aromatic N) is 3. The molecule has 6 aromatic rings. The number of hydrogen-bond acceptors (Lipinski definition) is 4. The molecular weight excluding hydrogens is 390 g/mol. The van der Waals surface area contributed by atoms with Gasteiger partial charge in [-0.15, -0.1) is 5.10 Å². The summed E-state index contributed by atoms with van der Waals surface area (Å²) in [4.78, 5) is 18.3. The fraction of sp³-hybridized carbons (Fsp3) is 0. The van der Waals surface area contributed by atoms with Crippen LogP contribution in [0.4, 0.5) is 0 Å². The van der Waals surface area contributed by atoms with Crippen molar-refractivity contribution in [2.24, 2.45) is 0 Å². The molecule has 0 atom stereocenters. The minimum Gasteiger partial charge on any atom is -0.266 e. The van der Waals surface area contributed by atoms with E-state index in [1.54, 1.807) is 0 Å². The first-order valence-electron chi connectivity index (χ1n) is 9.65. The van der Waals surface area contributed by atoms with Crippen molar-refractivity contribution in [2.75, 3.05) is 0 Å². The lowest BCUT2D eigenvalue weighted by Crippen LogP contribution is -2.23. The van der Waals surface area contributed by atoms with Crippen molar-refractivity contribution in [1.82, 2.24) is 14.6 Å². The molecule has 5 heteroatoms. The Morgan fingerprint density at radius 2 is 1.43 bits per heavy atom. The van der Waals surface area contributed by atoms with Crippen LogP contribution in [0.15, 0.2) is 89.7 Å². The molecule has 4 nitrogen and oxygen atoms in total. The molecule has 30 heavy (non-hydrogen) atoms. The van der Waals surface area contributed by atoms with Crippen LogP contribution >= 0.6 is 11.3 Å². The first-order valence-corrected chi connectivity index (χ1v) is 10.5. The number of hydrogen-bond donors (Lipinski definition) is 0. The molecule has 6 rings (SSSR count). The molecule has 0 N–H and O–H groups in total. The van der Waals surface area contributed by atoms with E-state index in [9.17, 15) is 4.79 Å². The van der Waals surface area contributed by atoms with Crippen molar-refractivity contribution in [1.29, 1.82) is 0 Å². The molecule has 0 saturated carbocycles. The summed E-state index contributed by atoms with van der Waals surface area (Å²) in [6, 6.07) is 28.4. The molecular formula is C25H15N3OS. The third-order valence-electron chi connectivity index (χ3n) is 5.30. The van der Waals surface area contributed by atoms with Crippen LogP contribution in [0.1, 0.15) is 5.56 Å². The molecule has 2 heterocycles. The fourth-order valence-corrected chi connectivity index (χ4v) is 4.77. The van der Waals surface area contributed by atoms with Gasteiger partial charge in [-0.1, -0.05) is 90.2 Å². The van der Waals surface area contributed by atoms with Crippen LogP contribution in [-0.4, -0.2) is 14.6 Å². The monoisotopic (exact) mass is 405 g/mol. The van der Waals surface area contributed by atoms with Gasteiger partial charge in [-0.05, 0) is 39.3 Å². The summed E-state index contributed by atoms with van der Waals surface area (Å²) < 4.78 is 2.04. The zero-order chi connectivity index (χ0) is 20.1. The second kappa shape index (κ2) is 6.61. The highest BCUT2D eigenvalue weighted by Crippen LogP contribution is 2.29. The summed E-state index contributed by atoms with van der Waals surface area (Å²) in [5.74, 6) is 0.570. The van der Waals surface area contributed by atoms with Gasteiger partial charge in [0.15, 0.2) is 5.82 Å². The van der Waals surface area contributed by atoms with E-state index in [4.69, 9.17) is 0 Å². The summed E-state index contributed by atoms with van der Waals surface area (Å²) in [6.07, 6.45) is 1.98. The Labute approximate surface area is 175 Å². The normalized spacial score (nSPS) is 12.3. The third kappa shape index (κ3) is 2.64. The molecule has 0 unspecified atom stereocenters. The molecule has 0 amide bonds. The molecule has 0 bridgehead atoms. The molecule has 0 radical (unpaired) electrons. The molecule has 0 fully saturated rings. The van der Waals surface area contributed by atoms with E-state index < -0.39 is 0 Å². The van der Waals surface area contributed by atoms with Gasteiger partial charge < -0.3 is 0 Å². The van der Waals surface area contributed by atoms with Crippen molar-refractivity contribution in [2.45, 2.75) is 0 Å². The SMILES string of the molecule is O=c1c(=Cc2c3ccccc3cc3ccccc23)sc2nc(-c3ccccc3)nn12. The van der Waals surface area contributed by atoms with Crippen molar-refractivity contribution in [3.63, 3.8) is 0 Å². The topological polar surface area (TPSA) is 47.3 Å². The Kier molecular flexibility index (Phi) is 3.76. The van der Waals surface area contributed by atoms with E-state index in [1.807, 2.05) is 60.7 Å². The average Bonchev–Trinajstić information content (AvgIpc) is 3.33. The van der Waals surface area contributed by atoms with Gasteiger partial charge in [-0.25, -0.2) is 0 Å². The highest BCUT2D eigenvalue weighted by Gasteiger charge is 2.13. The zero-order valence-corrected chi connectivity index (χ0v) is 16.6. The van der Waals surface area contributed by atoms with E-state index in [-0.39, 0.29) is 5.56 Å². The van der Waals surface area contributed by atoms with Gasteiger partial charge in [0.05, 0.1) is 4.53 Å². The van der Waals surface area contributed by atoms with Crippen molar-refractivity contribution in [3.8, 4) is 11.4 Å². The van der Waals surface area contributed by atoms with Gasteiger partial charge in [0.1, 0.15) is 0 Å². The van der Waals surface area contributed by atoms with E-state index in [0.717, 1.165) is 32.7 Å². The Bertz CT molecular complexity index is 1610. The van der Waals surface area contributed by atoms with Crippen LogP contribution in [-0.2, 0) is 0 Å². The number of rotatable bonds is 2. The molecule has 142 valence electrons. The lowest BCUT2D eigenvalue weighted by Gasteiger charge is -2.07. The van der Waals surface area contributed by atoms with Crippen LogP contribution < -0.4 is 10.1 Å². The summed E-state index contributed by atoms with van der Waals surface area (Å²) in [7, 11) is 0. The van der Waals surface area contributed by atoms with E-state index >= 15 is 0 Å². The molecule has 0 spiro atoms. The summed E-state index contributed by atoms with van der Waals surface area (Å²) in [5, 5.41) is 9.01. The largest absolute Gasteiger partial charge is 0.291 e. The Hall–Kier alpha value is -3.83. The summed E-state index contributed by atoms with van der Waals surface area (Å²) >= 11 is 1.37. The molecule has 2 aromatic heterocycles. The number of fused-ring (bicyclic) bond motifs is 3. The second-order valence-electron chi connectivity index (χ2n) is 7.14. The van der Waals surface area contributed by atoms with Crippen LogP contribution in [0.5, 0.6) is 0 Å². The second-order valence-corrected chi connectivity index (χ2v) is 8.15. The van der Waals surface area contributed by atoms with Crippen LogP contribution in [0.3, 0.4) is 0 Å². The summed E-state index contributed by atoms with van der Waals surface area (Å²) in [5.41, 5.74) is 1.81. The van der Waals surface area contributed by atoms with Crippen LogP contribution in [0, 0.1) is 0 Å². The smallest absolute Gasteiger partial charge is 0.266 e. The zero-order valence-electron chi connectivity index (χ0n) is 15.8. The lowest BCUT2D eigenvalue weighted by molar-refractivity contribution is 0.937. The first kappa shape index (κ1) is 17.1. The number of benzene rings is 4. The fourth-order valence-electron chi connectivity index (χ4n) is 3.88. The van der Waals surface area contributed by atoms with E-state index in [0.29, 0.717) is 15.3 Å². The number of aromatic nitrogens is 3. The van der Waals surface area contributed by atoms with Crippen molar-refractivity contribution < 1.29 is 0 Å². The van der Waals surface area contributed by atoms with Crippen LogP contribution in [0.2, 0.25) is 0 Å². The molecule has 4 aromatic carbocycles. The minimum atomic E-state index is -0.137. The predicted octanol–water partition coefficient (Wildman–Crippen LogP) is 4.67. The van der Waals surface area contributed by atoms with Gasteiger partial charge in [-0.2, -0.15) is 9.50 Å². The van der Waals surface area contributed by atoms with E-state index in [2.05, 4.69) is 40.4 Å². The number of thiazole rings is 1. The van der Waals surface area contributed by atoms with Gasteiger partial charge >= 0.3 is 0 Å². The first-order chi connectivity index (χ1) is 14.8. The van der Waals surface area contributed by atoms with Crippen molar-refractivity contribution >= 4 is 43.9 Å². The van der Waals surface area contributed by atoms with Gasteiger partial charge in [0.2, 0.25) is 4.96 Å². The van der Waals surface area contributed by atoms with Gasteiger partial charge in [0.25, 0.3) is 5.56 Å². The Balaban J connectivity index is 1.61. The predicted molar refractivity (Wildman–Crippen MR) is 123 cm³/mol. The third-order valence-corrected chi connectivity index (χ3v) is 6.26. The Morgan fingerprint density at radius 1 is 0.800 bits per heavy atom. The highest BCUT2D eigenvalue weighted by atomic mass is 32.1. The standard InChI is InChI=1S/C25H15N3OS/c29-24-22(30-25-26-23(27-28(24)25)16-8-2-1-3-9-16)15-21-19-12-6-4-10-17(19)14-18-11-5-7-13-20(18)21/h1-15H. The van der Waals surface area contributed by atoms with Crippen LogP contribution in [0.25, 0.3) is 44.0 Å². The molecule has 0 aliphatic carbocycles. The lowest BCUT2D eigenvalue weighted by atomic mass is 9.97. The maximum Gasteiger partial charge on any atom is 0.291 e. The highest BCUT2D eigenvalue weighted by molar-refractivity contribution is 7.15. The minimum absolute atomic E-state index is 0.137. The maximum atomic E-state index is 13.1. The van der Waals surface area contributed by atoms with Gasteiger partial charge in [-0.3, -0.25) is 4.79 Å². The molecule has 0 saturated heterocycles. The van der Waals surface area contributed by atoms with Gasteiger partial charge in [0, 0.05) is 5.56 Å². The maximum absolute atomic E-state index is 13.1. The average molecular weight is 405 g/mol. The molecule has 0 aliphatic rings. The Morgan fingerprint density at radius 3 is 2.10 bits per heavy atom. The molecule has 0 aliphatic heterocycles. The van der Waals surface area contributed by atoms with E-state index in [1.165, 1.54) is 15.9 Å². The van der Waals surface area contributed by atoms with Crippen molar-refractivity contribution in [3.05, 3.63) is 105 Å².